The maximum absolute atomic E-state index is 11.1. The molecule has 0 aliphatic heterocycles. The van der Waals surface area contributed by atoms with Gasteiger partial charge in [-0.2, -0.15) is 4.89 Å². The van der Waals surface area contributed by atoms with E-state index in [1.807, 2.05) is 0 Å². The Kier molecular flexibility index (Phi) is 3.55. The molecule has 0 atom stereocenters. The van der Waals surface area contributed by atoms with Crippen molar-refractivity contribution < 1.29 is 14.6 Å². The maximum Gasteiger partial charge on any atom is 0.373 e. The topological polar surface area (TPSA) is 35.5 Å². The minimum absolute atomic E-state index is 0.0431. The van der Waals surface area contributed by atoms with Crippen LogP contribution in [0.2, 0.25) is 0 Å². The van der Waals surface area contributed by atoms with E-state index in [1.54, 1.807) is 30.3 Å². The molecule has 1 aromatic carbocycles. The van der Waals surface area contributed by atoms with Crippen molar-refractivity contribution in [1.82, 2.24) is 0 Å². The molecule has 0 fully saturated rings. The van der Waals surface area contributed by atoms with Gasteiger partial charge in [0.15, 0.2) is 6.61 Å². The van der Waals surface area contributed by atoms with E-state index in [-0.39, 0.29) is 6.61 Å². The zero-order chi connectivity index (χ0) is 9.52. The van der Waals surface area contributed by atoms with Crippen molar-refractivity contribution in [3.8, 4) is 12.3 Å². The standard InChI is InChI=1S/C10H8O3/c1-2-8-12-13-10(11)9-6-4-3-5-7-9/h1,3-7H,8H2. The van der Waals surface area contributed by atoms with Gasteiger partial charge < -0.3 is 0 Å². The Hall–Kier alpha value is -1.79. The van der Waals surface area contributed by atoms with Crippen LogP contribution in [-0.2, 0) is 9.78 Å². The van der Waals surface area contributed by atoms with Crippen LogP contribution >= 0.6 is 0 Å². The fourth-order valence-electron chi connectivity index (χ4n) is 0.739. The summed E-state index contributed by atoms with van der Waals surface area (Å²) >= 11 is 0. The summed E-state index contributed by atoms with van der Waals surface area (Å²) in [5.74, 6) is 1.63. The first-order valence-corrected chi connectivity index (χ1v) is 3.67. The first-order chi connectivity index (χ1) is 6.34. The third-order valence-corrected chi connectivity index (χ3v) is 1.29. The smallest absolute Gasteiger partial charge is 0.292 e. The van der Waals surface area contributed by atoms with Crippen LogP contribution < -0.4 is 0 Å². The van der Waals surface area contributed by atoms with Crippen molar-refractivity contribution in [3.05, 3.63) is 35.9 Å². The van der Waals surface area contributed by atoms with Crippen molar-refractivity contribution >= 4 is 5.97 Å². The predicted octanol–water partition coefficient (Wildman–Crippen LogP) is 1.41. The van der Waals surface area contributed by atoms with Gasteiger partial charge in [-0.1, -0.05) is 24.1 Å². The summed E-state index contributed by atoms with van der Waals surface area (Å²) in [6.07, 6.45) is 4.89. The van der Waals surface area contributed by atoms with Gasteiger partial charge >= 0.3 is 5.97 Å². The van der Waals surface area contributed by atoms with Gasteiger partial charge in [-0.25, -0.2) is 4.79 Å². The van der Waals surface area contributed by atoms with Crippen molar-refractivity contribution in [2.75, 3.05) is 6.61 Å². The third-order valence-electron chi connectivity index (χ3n) is 1.29. The van der Waals surface area contributed by atoms with Gasteiger partial charge in [0.1, 0.15) is 0 Å². The number of hydrogen-bond acceptors (Lipinski definition) is 3. The van der Waals surface area contributed by atoms with E-state index in [2.05, 4.69) is 15.7 Å². The Morgan fingerprint density at radius 3 is 2.69 bits per heavy atom. The Morgan fingerprint density at radius 2 is 2.08 bits per heavy atom. The molecule has 3 nitrogen and oxygen atoms in total. The summed E-state index contributed by atoms with van der Waals surface area (Å²) in [7, 11) is 0. The lowest BCUT2D eigenvalue weighted by atomic mass is 10.2. The molecular weight excluding hydrogens is 168 g/mol. The van der Waals surface area contributed by atoms with E-state index in [0.717, 1.165) is 0 Å². The van der Waals surface area contributed by atoms with E-state index in [4.69, 9.17) is 6.42 Å². The van der Waals surface area contributed by atoms with Gasteiger partial charge in [-0.15, -0.1) is 6.42 Å². The second-order valence-electron chi connectivity index (χ2n) is 2.20. The van der Waals surface area contributed by atoms with Crippen LogP contribution in [0.5, 0.6) is 0 Å². The summed E-state index contributed by atoms with van der Waals surface area (Å²) in [5.41, 5.74) is 0.430. The zero-order valence-corrected chi connectivity index (χ0v) is 6.90. The summed E-state index contributed by atoms with van der Waals surface area (Å²) in [6.45, 7) is -0.0431. The molecule has 0 spiro atoms. The average Bonchev–Trinajstić information content (AvgIpc) is 2.19. The van der Waals surface area contributed by atoms with Crippen LogP contribution in [0.15, 0.2) is 30.3 Å². The van der Waals surface area contributed by atoms with E-state index < -0.39 is 5.97 Å². The van der Waals surface area contributed by atoms with Crippen molar-refractivity contribution in [2.45, 2.75) is 0 Å². The fourth-order valence-corrected chi connectivity index (χ4v) is 0.739. The summed E-state index contributed by atoms with van der Waals surface area (Å²) < 4.78 is 0. The third kappa shape index (κ3) is 2.97. The normalized spacial score (nSPS) is 8.85. The highest BCUT2D eigenvalue weighted by atomic mass is 17.2. The van der Waals surface area contributed by atoms with Gasteiger partial charge in [0, 0.05) is 0 Å². The van der Waals surface area contributed by atoms with Gasteiger partial charge in [0.2, 0.25) is 0 Å². The molecule has 0 unspecified atom stereocenters. The number of benzene rings is 1. The molecule has 0 aliphatic rings. The lowest BCUT2D eigenvalue weighted by molar-refractivity contribution is -0.229. The SMILES string of the molecule is C#CCOOC(=O)c1ccccc1. The number of rotatable bonds is 3. The summed E-state index contributed by atoms with van der Waals surface area (Å²) in [6, 6.07) is 8.53. The van der Waals surface area contributed by atoms with Crippen LogP contribution in [0.4, 0.5) is 0 Å². The number of terminal acetylenes is 1. The second kappa shape index (κ2) is 4.96. The zero-order valence-electron chi connectivity index (χ0n) is 6.90. The average molecular weight is 176 g/mol. The molecule has 0 N–H and O–H groups in total. The molecule has 0 aliphatic carbocycles. The van der Waals surface area contributed by atoms with E-state index in [9.17, 15) is 4.79 Å². The lowest BCUT2D eigenvalue weighted by Gasteiger charge is -1.99. The van der Waals surface area contributed by atoms with Crippen LogP contribution in [0, 0.1) is 12.3 Å². The number of carbonyl (C=O) groups is 1. The highest BCUT2D eigenvalue weighted by molar-refractivity contribution is 5.88. The molecule has 0 bridgehead atoms. The Bertz CT molecular complexity index is 311. The molecule has 0 saturated heterocycles. The second-order valence-corrected chi connectivity index (χ2v) is 2.20. The van der Waals surface area contributed by atoms with E-state index in [1.165, 1.54) is 0 Å². The van der Waals surface area contributed by atoms with Crippen molar-refractivity contribution in [1.29, 1.82) is 0 Å². The maximum atomic E-state index is 11.1. The molecule has 0 amide bonds. The van der Waals surface area contributed by atoms with Crippen LogP contribution in [-0.4, -0.2) is 12.6 Å². The fraction of sp³-hybridized carbons (Fsp3) is 0.100. The Morgan fingerprint density at radius 1 is 1.38 bits per heavy atom. The van der Waals surface area contributed by atoms with Crippen molar-refractivity contribution in [3.63, 3.8) is 0 Å². The molecular formula is C10H8O3. The summed E-state index contributed by atoms with van der Waals surface area (Å²) in [4.78, 5) is 19.9. The van der Waals surface area contributed by atoms with Gasteiger partial charge in [-0.05, 0) is 12.1 Å². The van der Waals surface area contributed by atoms with E-state index in [0.29, 0.717) is 5.56 Å². The Labute approximate surface area is 76.2 Å². The van der Waals surface area contributed by atoms with Crippen molar-refractivity contribution in [2.24, 2.45) is 0 Å². The Balaban J connectivity index is 2.46. The minimum atomic E-state index is -0.546. The van der Waals surface area contributed by atoms with Gasteiger partial charge in [0.25, 0.3) is 0 Å². The van der Waals surface area contributed by atoms with E-state index >= 15 is 0 Å². The molecule has 0 radical (unpaired) electrons. The molecule has 1 aromatic rings. The van der Waals surface area contributed by atoms with Gasteiger partial charge in [0.05, 0.1) is 5.56 Å². The highest BCUT2D eigenvalue weighted by Gasteiger charge is 2.05. The minimum Gasteiger partial charge on any atom is -0.292 e. The van der Waals surface area contributed by atoms with Crippen LogP contribution in [0.1, 0.15) is 10.4 Å². The number of carbonyl (C=O) groups excluding carboxylic acids is 1. The van der Waals surface area contributed by atoms with Crippen LogP contribution in [0.25, 0.3) is 0 Å². The molecule has 0 saturated carbocycles. The molecule has 1 rings (SSSR count). The molecule has 13 heavy (non-hydrogen) atoms. The number of hydrogen-bond donors (Lipinski definition) is 0. The summed E-state index contributed by atoms with van der Waals surface area (Å²) in [5, 5.41) is 0. The van der Waals surface area contributed by atoms with Gasteiger partial charge in [-0.3, -0.25) is 4.89 Å². The first kappa shape index (κ1) is 9.30. The highest BCUT2D eigenvalue weighted by Crippen LogP contribution is 2.00. The quantitative estimate of drug-likeness (QED) is 0.302. The largest absolute Gasteiger partial charge is 0.373 e. The lowest BCUT2D eigenvalue weighted by Crippen LogP contribution is -2.05. The van der Waals surface area contributed by atoms with Crippen LogP contribution in [0.3, 0.4) is 0 Å². The monoisotopic (exact) mass is 176 g/mol. The molecule has 0 heterocycles. The molecule has 66 valence electrons. The predicted molar refractivity (Wildman–Crippen MR) is 46.6 cm³/mol. The first-order valence-electron chi connectivity index (χ1n) is 3.67. The molecule has 3 heteroatoms. The molecule has 0 aromatic heterocycles.